The van der Waals surface area contributed by atoms with Crippen molar-refractivity contribution in [2.75, 3.05) is 33.1 Å². The molecule has 0 spiro atoms. The molecule has 2 aromatic rings. The third-order valence-electron chi connectivity index (χ3n) is 4.75. The molecule has 0 saturated carbocycles. The molecule has 0 bridgehead atoms. The SMILES string of the molecule is COc1ccccc1[C@H](CNC(=O)C[C@@H]1Sc2ccc(Cl)cc2NC1=O)N(C)C. The van der Waals surface area contributed by atoms with E-state index in [0.29, 0.717) is 17.3 Å². The molecule has 2 aromatic carbocycles. The van der Waals surface area contributed by atoms with E-state index in [0.717, 1.165) is 16.2 Å². The minimum absolute atomic E-state index is 0.0502. The van der Waals surface area contributed by atoms with Crippen molar-refractivity contribution in [1.82, 2.24) is 10.2 Å². The van der Waals surface area contributed by atoms with Gasteiger partial charge in [0.1, 0.15) is 5.75 Å². The number of amides is 2. The summed E-state index contributed by atoms with van der Waals surface area (Å²) in [5, 5.41) is 5.88. The van der Waals surface area contributed by atoms with Crippen LogP contribution in [0.4, 0.5) is 5.69 Å². The summed E-state index contributed by atoms with van der Waals surface area (Å²) in [6.45, 7) is 0.414. The van der Waals surface area contributed by atoms with E-state index in [1.165, 1.54) is 11.8 Å². The highest BCUT2D eigenvalue weighted by Gasteiger charge is 2.29. The number of halogens is 1. The average molecular weight is 434 g/mol. The minimum atomic E-state index is -0.479. The zero-order valence-corrected chi connectivity index (χ0v) is 18.1. The highest BCUT2D eigenvalue weighted by atomic mass is 35.5. The smallest absolute Gasteiger partial charge is 0.238 e. The largest absolute Gasteiger partial charge is 0.496 e. The molecule has 1 aliphatic rings. The van der Waals surface area contributed by atoms with Crippen molar-refractivity contribution in [1.29, 1.82) is 0 Å². The van der Waals surface area contributed by atoms with Gasteiger partial charge in [-0.2, -0.15) is 0 Å². The summed E-state index contributed by atoms with van der Waals surface area (Å²) in [4.78, 5) is 27.9. The maximum absolute atomic E-state index is 12.6. The van der Waals surface area contributed by atoms with E-state index in [9.17, 15) is 9.59 Å². The Hall–Kier alpha value is -2.22. The molecule has 8 heteroatoms. The lowest BCUT2D eigenvalue weighted by Gasteiger charge is -2.27. The number of methoxy groups -OCH3 is 1. The van der Waals surface area contributed by atoms with Crippen LogP contribution in [0.25, 0.3) is 0 Å². The summed E-state index contributed by atoms with van der Waals surface area (Å²) in [7, 11) is 5.54. The van der Waals surface area contributed by atoms with Crippen LogP contribution in [0.2, 0.25) is 5.02 Å². The monoisotopic (exact) mass is 433 g/mol. The van der Waals surface area contributed by atoms with E-state index in [4.69, 9.17) is 16.3 Å². The van der Waals surface area contributed by atoms with Crippen molar-refractivity contribution in [3.8, 4) is 5.75 Å². The maximum Gasteiger partial charge on any atom is 0.238 e. The van der Waals surface area contributed by atoms with Crippen LogP contribution in [0.1, 0.15) is 18.0 Å². The van der Waals surface area contributed by atoms with Gasteiger partial charge in [0.2, 0.25) is 11.8 Å². The Morgan fingerprint density at radius 2 is 2.07 bits per heavy atom. The first-order chi connectivity index (χ1) is 13.9. The minimum Gasteiger partial charge on any atom is -0.496 e. The van der Waals surface area contributed by atoms with Gasteiger partial charge in [0.25, 0.3) is 0 Å². The molecular weight excluding hydrogens is 410 g/mol. The Morgan fingerprint density at radius 3 is 2.79 bits per heavy atom. The summed E-state index contributed by atoms with van der Waals surface area (Å²) >= 11 is 7.36. The van der Waals surface area contributed by atoms with Crippen LogP contribution in [0.15, 0.2) is 47.4 Å². The van der Waals surface area contributed by atoms with Crippen molar-refractivity contribution in [2.45, 2.75) is 22.6 Å². The molecule has 1 heterocycles. The maximum atomic E-state index is 12.6. The molecule has 0 saturated heterocycles. The molecule has 0 unspecified atom stereocenters. The number of ether oxygens (including phenoxy) is 1. The van der Waals surface area contributed by atoms with Crippen molar-refractivity contribution in [2.24, 2.45) is 0 Å². The van der Waals surface area contributed by atoms with Crippen molar-refractivity contribution in [3.05, 3.63) is 53.1 Å². The van der Waals surface area contributed by atoms with E-state index in [-0.39, 0.29) is 24.3 Å². The molecule has 1 aliphatic heterocycles. The van der Waals surface area contributed by atoms with Crippen LogP contribution in [0.3, 0.4) is 0 Å². The fourth-order valence-electron chi connectivity index (χ4n) is 3.22. The fourth-order valence-corrected chi connectivity index (χ4v) is 4.48. The third kappa shape index (κ3) is 5.23. The van der Waals surface area contributed by atoms with Crippen LogP contribution in [-0.4, -0.2) is 49.7 Å². The lowest BCUT2D eigenvalue weighted by Crippen LogP contribution is -2.38. The van der Waals surface area contributed by atoms with Gasteiger partial charge in [0.05, 0.1) is 24.1 Å². The number of rotatable bonds is 7. The number of nitrogens with zero attached hydrogens (tertiary/aromatic N) is 1. The second-order valence-electron chi connectivity index (χ2n) is 6.97. The number of fused-ring (bicyclic) bond motifs is 1. The number of benzene rings is 2. The van der Waals surface area contributed by atoms with E-state index >= 15 is 0 Å². The first-order valence-electron chi connectivity index (χ1n) is 9.22. The number of thioether (sulfide) groups is 1. The molecular formula is C21H24ClN3O3S. The number of carbonyl (C=O) groups excluding carboxylic acids is 2. The first-order valence-corrected chi connectivity index (χ1v) is 10.5. The Bertz CT molecular complexity index is 906. The van der Waals surface area contributed by atoms with Gasteiger partial charge < -0.3 is 20.3 Å². The fraction of sp³-hybridized carbons (Fsp3) is 0.333. The van der Waals surface area contributed by atoms with Crippen LogP contribution in [-0.2, 0) is 9.59 Å². The number of carbonyl (C=O) groups is 2. The van der Waals surface area contributed by atoms with E-state index in [1.807, 2.05) is 49.3 Å². The standard InChI is InChI=1S/C21H24ClN3O3S/c1-25(2)16(14-6-4-5-7-17(14)28-3)12-23-20(26)11-19-21(27)24-15-10-13(22)8-9-18(15)29-19/h4-10,16,19H,11-12H2,1-3H3,(H,23,26)(H,24,27)/t16-,19-/m0/s1. The molecule has 29 heavy (non-hydrogen) atoms. The zero-order valence-electron chi connectivity index (χ0n) is 16.6. The van der Waals surface area contributed by atoms with Crippen molar-refractivity contribution in [3.63, 3.8) is 0 Å². The number of anilines is 1. The van der Waals surface area contributed by atoms with Gasteiger partial charge >= 0.3 is 0 Å². The number of hydrogen-bond donors (Lipinski definition) is 2. The number of likely N-dealkylation sites (N-methyl/N-ethyl adjacent to an activating group) is 1. The Morgan fingerprint density at radius 1 is 1.31 bits per heavy atom. The van der Waals surface area contributed by atoms with E-state index < -0.39 is 5.25 Å². The topological polar surface area (TPSA) is 70.7 Å². The highest BCUT2D eigenvalue weighted by Crippen LogP contribution is 2.38. The molecule has 2 N–H and O–H groups in total. The van der Waals surface area contributed by atoms with Gasteiger partial charge in [-0.3, -0.25) is 9.59 Å². The van der Waals surface area contributed by atoms with Gasteiger partial charge in [-0.15, -0.1) is 11.8 Å². The summed E-state index contributed by atoms with van der Waals surface area (Å²) in [5.74, 6) is 0.420. The third-order valence-corrected chi connectivity index (χ3v) is 6.26. The number of para-hydroxylation sites is 1. The molecule has 2 atom stereocenters. The molecule has 0 aliphatic carbocycles. The van der Waals surface area contributed by atoms with Gasteiger partial charge in [0.15, 0.2) is 0 Å². The van der Waals surface area contributed by atoms with Gasteiger partial charge in [-0.1, -0.05) is 29.8 Å². The summed E-state index contributed by atoms with van der Waals surface area (Å²) in [6, 6.07) is 13.1. The summed E-state index contributed by atoms with van der Waals surface area (Å²) < 4.78 is 5.46. The Kier molecular flexibility index (Phi) is 7.05. The van der Waals surface area contributed by atoms with Crippen LogP contribution < -0.4 is 15.4 Å². The van der Waals surface area contributed by atoms with Gasteiger partial charge in [-0.05, 0) is 38.4 Å². The Balaban J connectivity index is 1.62. The average Bonchev–Trinajstić information content (AvgIpc) is 2.69. The van der Waals surface area contributed by atoms with E-state index in [2.05, 4.69) is 10.6 Å². The molecule has 6 nitrogen and oxygen atoms in total. The Labute approximate surface area is 179 Å². The summed E-state index contributed by atoms with van der Waals surface area (Å²) in [6.07, 6.45) is 0.102. The second-order valence-corrected chi connectivity index (χ2v) is 8.65. The lowest BCUT2D eigenvalue weighted by molar-refractivity contribution is -0.124. The molecule has 0 radical (unpaired) electrons. The quantitative estimate of drug-likeness (QED) is 0.698. The van der Waals surface area contributed by atoms with Crippen molar-refractivity contribution >= 4 is 40.9 Å². The van der Waals surface area contributed by atoms with Crippen LogP contribution in [0.5, 0.6) is 5.75 Å². The first kappa shape index (κ1) is 21.5. The zero-order chi connectivity index (χ0) is 21.0. The van der Waals surface area contributed by atoms with Crippen LogP contribution in [0, 0.1) is 0 Å². The molecule has 2 amide bonds. The molecule has 154 valence electrons. The molecule has 3 rings (SSSR count). The normalized spacial score (nSPS) is 16.7. The molecule has 0 fully saturated rings. The molecule has 0 aromatic heterocycles. The van der Waals surface area contributed by atoms with Gasteiger partial charge in [-0.25, -0.2) is 0 Å². The number of nitrogens with one attached hydrogen (secondary N) is 2. The predicted octanol–water partition coefficient (Wildman–Crippen LogP) is 3.57. The van der Waals surface area contributed by atoms with Crippen molar-refractivity contribution < 1.29 is 14.3 Å². The predicted molar refractivity (Wildman–Crippen MR) is 117 cm³/mol. The second kappa shape index (κ2) is 9.52. The van der Waals surface area contributed by atoms with Crippen LogP contribution >= 0.6 is 23.4 Å². The summed E-state index contributed by atoms with van der Waals surface area (Å²) in [5.41, 5.74) is 1.68. The highest BCUT2D eigenvalue weighted by molar-refractivity contribution is 8.01. The van der Waals surface area contributed by atoms with E-state index in [1.54, 1.807) is 19.2 Å². The van der Waals surface area contributed by atoms with Gasteiger partial charge in [0, 0.05) is 28.4 Å². The number of hydrogen-bond acceptors (Lipinski definition) is 5. The lowest BCUT2D eigenvalue weighted by atomic mass is 10.0.